The van der Waals surface area contributed by atoms with Gasteiger partial charge in [0, 0.05) is 42.2 Å². The molecule has 5 rings (SSSR count). The molecule has 0 fully saturated rings. The molecule has 12 heteroatoms. The van der Waals surface area contributed by atoms with Crippen molar-refractivity contribution >= 4 is 32.8 Å². The molecule has 190 valence electrons. The number of nitrogens with zero attached hydrogens (tertiary/aromatic N) is 3. The van der Waals surface area contributed by atoms with Gasteiger partial charge in [-0.3, -0.25) is 9.48 Å². The molecule has 2 N–H and O–H groups in total. The normalized spacial score (nSPS) is 11.3. The Kier molecular flexibility index (Phi) is 6.74. The monoisotopic (exact) mass is 573 g/mol. The predicted molar refractivity (Wildman–Crippen MR) is 132 cm³/mol. The first-order valence-corrected chi connectivity index (χ1v) is 11.9. The summed E-state index contributed by atoms with van der Waals surface area (Å²) in [4.78, 5) is 21.4. The van der Waals surface area contributed by atoms with Crippen molar-refractivity contribution in [1.29, 1.82) is 0 Å². The minimum Gasteiger partial charge on any atom is -0.469 e. The van der Waals surface area contributed by atoms with Gasteiger partial charge >= 0.3 is 5.97 Å². The van der Waals surface area contributed by atoms with Crippen molar-refractivity contribution in [3.8, 4) is 22.9 Å². The summed E-state index contributed by atoms with van der Waals surface area (Å²) in [6.07, 6.45) is 5.32. The number of ether oxygens (including phenoxy) is 2. The van der Waals surface area contributed by atoms with Crippen LogP contribution >= 0.6 is 15.9 Å². The molecule has 0 radical (unpaired) electrons. The number of H-pyrrole nitrogens is 2. The Morgan fingerprint density at radius 1 is 1.16 bits per heavy atom. The molecule has 0 atom stereocenters. The van der Waals surface area contributed by atoms with E-state index in [4.69, 9.17) is 4.74 Å². The van der Waals surface area contributed by atoms with Crippen LogP contribution in [0.4, 0.5) is 13.2 Å². The van der Waals surface area contributed by atoms with Crippen LogP contribution < -0.4 is 4.74 Å². The molecule has 0 bridgehead atoms. The molecule has 0 aliphatic rings. The van der Waals surface area contributed by atoms with Gasteiger partial charge in [0.25, 0.3) is 0 Å². The summed E-state index contributed by atoms with van der Waals surface area (Å²) in [5.74, 6) is -3.03. The first-order valence-electron chi connectivity index (χ1n) is 11.1. The highest BCUT2D eigenvalue weighted by molar-refractivity contribution is 9.10. The van der Waals surface area contributed by atoms with Crippen molar-refractivity contribution in [3.05, 3.63) is 82.2 Å². The Morgan fingerprint density at radius 3 is 2.81 bits per heavy atom. The van der Waals surface area contributed by atoms with Crippen molar-refractivity contribution < 1.29 is 27.4 Å². The third kappa shape index (κ3) is 5.10. The molecule has 0 spiro atoms. The molecular formula is C25H19BrF3N5O3. The van der Waals surface area contributed by atoms with E-state index in [0.29, 0.717) is 29.9 Å². The molecule has 3 aromatic heterocycles. The van der Waals surface area contributed by atoms with Gasteiger partial charge in [-0.1, -0.05) is 0 Å². The lowest BCUT2D eigenvalue weighted by atomic mass is 10.2. The summed E-state index contributed by atoms with van der Waals surface area (Å²) >= 11 is 3.45. The number of aryl methyl sites for hydroxylation is 1. The van der Waals surface area contributed by atoms with Crippen LogP contribution in [0.15, 0.2) is 53.4 Å². The van der Waals surface area contributed by atoms with E-state index in [1.165, 1.54) is 31.5 Å². The quantitative estimate of drug-likeness (QED) is 0.226. The average molecular weight is 574 g/mol. The number of hydrogen-bond donors (Lipinski definition) is 2. The fourth-order valence-electron chi connectivity index (χ4n) is 3.82. The maximum Gasteiger partial charge on any atom is 0.307 e. The van der Waals surface area contributed by atoms with Gasteiger partial charge in [0.2, 0.25) is 0 Å². The number of aromatic amines is 2. The third-order valence-electron chi connectivity index (χ3n) is 5.66. The van der Waals surface area contributed by atoms with Crippen molar-refractivity contribution in [2.45, 2.75) is 19.4 Å². The van der Waals surface area contributed by atoms with E-state index in [2.05, 4.69) is 40.7 Å². The highest BCUT2D eigenvalue weighted by Gasteiger charge is 2.19. The summed E-state index contributed by atoms with van der Waals surface area (Å²) in [6.45, 7) is 0.357. The third-order valence-corrected chi connectivity index (χ3v) is 6.32. The Bertz CT molecular complexity index is 1610. The molecule has 0 saturated heterocycles. The van der Waals surface area contributed by atoms with E-state index in [-0.39, 0.29) is 34.9 Å². The number of carbonyl (C=O) groups excluding carboxylic acids is 1. The number of imidazole rings is 1. The number of methoxy groups -OCH3 is 1. The molecule has 8 nitrogen and oxygen atoms in total. The summed E-state index contributed by atoms with van der Waals surface area (Å²) < 4.78 is 56.4. The molecule has 5 aromatic rings. The van der Waals surface area contributed by atoms with Crippen LogP contribution in [-0.2, 0) is 22.5 Å². The Balaban J connectivity index is 1.36. The van der Waals surface area contributed by atoms with Gasteiger partial charge in [0.15, 0.2) is 17.4 Å². The zero-order valence-corrected chi connectivity index (χ0v) is 20.9. The van der Waals surface area contributed by atoms with Gasteiger partial charge in [0.1, 0.15) is 17.4 Å². The average Bonchev–Trinajstić information content (AvgIpc) is 3.62. The predicted octanol–water partition coefficient (Wildman–Crippen LogP) is 5.88. The SMILES string of the molecule is COC(=O)CCn1cc(Br)c(Cc2cnc(-c3cc(Oc4c(F)cc5[nH]ccc5c4F)ccc3F)[nH]2)n1. The number of aromatic nitrogens is 5. The number of esters is 1. The number of hydrogen-bond acceptors (Lipinski definition) is 5. The topological polar surface area (TPSA) is 97.8 Å². The zero-order chi connectivity index (χ0) is 26.1. The van der Waals surface area contributed by atoms with Gasteiger partial charge in [-0.05, 0) is 40.2 Å². The van der Waals surface area contributed by atoms with E-state index in [9.17, 15) is 18.0 Å². The largest absolute Gasteiger partial charge is 0.469 e. The molecule has 0 amide bonds. The molecule has 0 saturated carbocycles. The second kappa shape index (κ2) is 10.1. The molecule has 0 aliphatic carbocycles. The molecular weight excluding hydrogens is 555 g/mol. The van der Waals surface area contributed by atoms with E-state index < -0.39 is 23.2 Å². The van der Waals surface area contributed by atoms with Crippen LogP contribution in [0.25, 0.3) is 22.3 Å². The molecule has 2 aromatic carbocycles. The van der Waals surface area contributed by atoms with E-state index in [0.717, 1.165) is 16.6 Å². The molecule has 3 heterocycles. The minimum atomic E-state index is -0.893. The Labute approximate surface area is 216 Å². The fourth-order valence-corrected chi connectivity index (χ4v) is 4.27. The van der Waals surface area contributed by atoms with Crippen LogP contribution in [0.2, 0.25) is 0 Å². The number of halogens is 4. The van der Waals surface area contributed by atoms with Crippen LogP contribution in [0.1, 0.15) is 17.8 Å². The summed E-state index contributed by atoms with van der Waals surface area (Å²) in [6, 6.07) is 6.33. The van der Waals surface area contributed by atoms with Crippen LogP contribution in [0.3, 0.4) is 0 Å². The number of carbonyl (C=O) groups is 1. The van der Waals surface area contributed by atoms with Crippen molar-refractivity contribution in [3.63, 3.8) is 0 Å². The van der Waals surface area contributed by atoms with Crippen LogP contribution in [0, 0.1) is 17.5 Å². The highest BCUT2D eigenvalue weighted by Crippen LogP contribution is 2.34. The maximum atomic E-state index is 14.8. The van der Waals surface area contributed by atoms with E-state index >= 15 is 0 Å². The van der Waals surface area contributed by atoms with Crippen molar-refractivity contribution in [2.75, 3.05) is 7.11 Å². The van der Waals surface area contributed by atoms with Crippen LogP contribution in [0.5, 0.6) is 11.5 Å². The van der Waals surface area contributed by atoms with Gasteiger partial charge in [0.05, 0.1) is 41.3 Å². The van der Waals surface area contributed by atoms with Gasteiger partial charge in [-0.15, -0.1) is 0 Å². The van der Waals surface area contributed by atoms with Gasteiger partial charge < -0.3 is 19.4 Å². The molecule has 0 unspecified atom stereocenters. The van der Waals surface area contributed by atoms with E-state index in [1.807, 2.05) is 0 Å². The second-order valence-corrected chi connectivity index (χ2v) is 8.99. The Hall–Kier alpha value is -4.06. The van der Waals surface area contributed by atoms with Crippen molar-refractivity contribution in [1.82, 2.24) is 24.7 Å². The van der Waals surface area contributed by atoms with Gasteiger partial charge in [-0.2, -0.15) is 5.10 Å². The van der Waals surface area contributed by atoms with Crippen LogP contribution in [-0.4, -0.2) is 37.8 Å². The molecule has 37 heavy (non-hydrogen) atoms. The lowest BCUT2D eigenvalue weighted by molar-refractivity contribution is -0.140. The standard InChI is InChI=1S/C25H19BrF3N5O3/c1-36-22(35)5-7-34-12-17(26)21(33-34)8-13-11-31-25(32-13)16-9-14(2-3-18(16)27)37-24-19(28)10-20-15(23(24)29)4-6-30-20/h2-4,6,9-12,30H,5,7-8H2,1H3,(H,31,32). The Morgan fingerprint density at radius 2 is 2.00 bits per heavy atom. The number of nitrogens with one attached hydrogen (secondary N) is 2. The lowest BCUT2D eigenvalue weighted by Gasteiger charge is -2.10. The smallest absolute Gasteiger partial charge is 0.307 e. The second-order valence-electron chi connectivity index (χ2n) is 8.13. The molecule has 0 aliphatic heterocycles. The zero-order valence-electron chi connectivity index (χ0n) is 19.3. The summed E-state index contributed by atoms with van der Waals surface area (Å²) in [5.41, 5.74) is 1.69. The first-order chi connectivity index (χ1) is 17.8. The highest BCUT2D eigenvalue weighted by atomic mass is 79.9. The minimum absolute atomic E-state index is 0.0362. The number of fused-ring (bicyclic) bond motifs is 1. The first kappa shape index (κ1) is 24.6. The summed E-state index contributed by atoms with van der Waals surface area (Å²) in [7, 11) is 1.33. The van der Waals surface area contributed by atoms with E-state index in [1.54, 1.807) is 17.1 Å². The number of rotatable bonds is 8. The number of benzene rings is 2. The summed E-state index contributed by atoms with van der Waals surface area (Å²) in [5, 5.41) is 4.63. The lowest BCUT2D eigenvalue weighted by Crippen LogP contribution is -2.07. The maximum absolute atomic E-state index is 14.8. The van der Waals surface area contributed by atoms with Gasteiger partial charge in [-0.25, -0.2) is 18.2 Å². The fraction of sp³-hybridized carbons (Fsp3) is 0.160. The van der Waals surface area contributed by atoms with Crippen molar-refractivity contribution in [2.24, 2.45) is 0 Å².